The molecule has 5 nitrogen and oxygen atoms in total. The number of hydrogen-bond acceptors (Lipinski definition) is 5. The van der Waals surface area contributed by atoms with E-state index < -0.39 is 0 Å². The molecule has 3 aromatic rings. The molecule has 0 saturated heterocycles. The van der Waals surface area contributed by atoms with Crippen LogP contribution in [0.2, 0.25) is 0 Å². The summed E-state index contributed by atoms with van der Waals surface area (Å²) in [5, 5.41) is 10.7. The maximum atomic E-state index is 12.5. The third-order valence-electron chi connectivity index (χ3n) is 4.12. The Morgan fingerprint density at radius 1 is 1.11 bits per heavy atom. The number of nitrogens with one attached hydrogen (secondary N) is 1. The molecule has 0 aliphatic heterocycles. The molecule has 0 radical (unpaired) electrons. The molecule has 2 aromatic carbocycles. The number of nitrogens with zero attached hydrogens (tertiary/aromatic N) is 2. The molecule has 1 amide bonds. The van der Waals surface area contributed by atoms with Gasteiger partial charge < -0.3 is 4.42 Å². The third kappa shape index (κ3) is 4.98. The molecule has 27 heavy (non-hydrogen) atoms. The van der Waals surface area contributed by atoms with E-state index in [9.17, 15) is 4.79 Å². The van der Waals surface area contributed by atoms with Crippen molar-refractivity contribution in [3.05, 3.63) is 71.1 Å². The molecule has 0 aliphatic rings. The molecule has 0 atom stereocenters. The smallest absolute Gasteiger partial charge is 0.322 e. The van der Waals surface area contributed by atoms with E-state index in [0.29, 0.717) is 23.8 Å². The van der Waals surface area contributed by atoms with Gasteiger partial charge in [0.25, 0.3) is 5.91 Å². The molecule has 1 aromatic heterocycles. The van der Waals surface area contributed by atoms with Crippen molar-refractivity contribution in [3.63, 3.8) is 0 Å². The molecule has 0 bridgehead atoms. The van der Waals surface area contributed by atoms with Crippen molar-refractivity contribution in [1.29, 1.82) is 0 Å². The maximum Gasteiger partial charge on any atom is 0.322 e. The molecule has 0 spiro atoms. The first-order valence-corrected chi connectivity index (χ1v) is 9.99. The van der Waals surface area contributed by atoms with Crippen LogP contribution in [0.25, 0.3) is 0 Å². The monoisotopic (exact) mass is 381 g/mol. The van der Waals surface area contributed by atoms with E-state index in [2.05, 4.69) is 60.6 Å². The van der Waals surface area contributed by atoms with E-state index in [0.717, 1.165) is 16.2 Å². The Bertz CT molecular complexity index is 904. The van der Waals surface area contributed by atoms with Gasteiger partial charge in [0.2, 0.25) is 5.89 Å². The molecule has 0 unspecified atom stereocenters. The number of anilines is 1. The van der Waals surface area contributed by atoms with Crippen molar-refractivity contribution >= 4 is 23.7 Å². The lowest BCUT2D eigenvalue weighted by Crippen LogP contribution is -2.13. The molecule has 0 saturated carbocycles. The minimum Gasteiger partial charge on any atom is -0.407 e. The van der Waals surface area contributed by atoms with Crippen molar-refractivity contribution in [3.8, 4) is 0 Å². The van der Waals surface area contributed by atoms with Gasteiger partial charge >= 0.3 is 6.01 Å². The summed E-state index contributed by atoms with van der Waals surface area (Å²) in [7, 11) is 0. The summed E-state index contributed by atoms with van der Waals surface area (Å²) in [5.74, 6) is 1.62. The Hall–Kier alpha value is -2.60. The minimum absolute atomic E-state index is 0.116. The molecule has 0 aliphatic carbocycles. The highest BCUT2D eigenvalue weighted by atomic mass is 32.2. The molecule has 3 rings (SSSR count). The molecular formula is C21H23N3O2S. The number of carbonyl (C=O) groups is 1. The van der Waals surface area contributed by atoms with Gasteiger partial charge in [-0.3, -0.25) is 10.1 Å². The molecule has 1 heterocycles. The van der Waals surface area contributed by atoms with Gasteiger partial charge in [-0.1, -0.05) is 62.3 Å². The zero-order valence-electron chi connectivity index (χ0n) is 15.7. The fourth-order valence-electron chi connectivity index (χ4n) is 2.67. The van der Waals surface area contributed by atoms with Gasteiger partial charge in [-0.15, -0.1) is 16.9 Å². The number of rotatable bonds is 7. The van der Waals surface area contributed by atoms with Crippen LogP contribution in [0.5, 0.6) is 0 Å². The van der Waals surface area contributed by atoms with Crippen LogP contribution in [0.4, 0.5) is 6.01 Å². The van der Waals surface area contributed by atoms with Crippen molar-refractivity contribution in [2.45, 2.75) is 38.0 Å². The average Bonchev–Trinajstić information content (AvgIpc) is 3.09. The summed E-state index contributed by atoms with van der Waals surface area (Å²) in [6.45, 7) is 6.38. The normalized spacial score (nSPS) is 11.0. The van der Waals surface area contributed by atoms with Crippen molar-refractivity contribution in [1.82, 2.24) is 10.2 Å². The summed E-state index contributed by atoms with van der Waals surface area (Å²) < 4.78 is 5.60. The van der Waals surface area contributed by atoms with Crippen LogP contribution in [0.15, 0.2) is 57.8 Å². The lowest BCUT2D eigenvalue weighted by atomic mass is 10.0. The highest BCUT2D eigenvalue weighted by molar-refractivity contribution is 7.99. The first-order valence-electron chi connectivity index (χ1n) is 9.01. The summed E-state index contributed by atoms with van der Waals surface area (Å²) in [5.41, 5.74) is 2.99. The Kier molecular flexibility index (Phi) is 6.29. The first-order chi connectivity index (χ1) is 13.1. The molecule has 0 fully saturated rings. The van der Waals surface area contributed by atoms with Gasteiger partial charge in [-0.05, 0) is 34.9 Å². The Morgan fingerprint density at radius 3 is 2.56 bits per heavy atom. The third-order valence-corrected chi connectivity index (χ3v) is 5.08. The second-order valence-corrected chi connectivity index (χ2v) is 7.76. The summed E-state index contributed by atoms with van der Waals surface area (Å²) in [4.78, 5) is 13.5. The van der Waals surface area contributed by atoms with E-state index in [4.69, 9.17) is 4.42 Å². The van der Waals surface area contributed by atoms with E-state index in [1.54, 1.807) is 17.8 Å². The minimum atomic E-state index is -0.247. The van der Waals surface area contributed by atoms with E-state index in [-0.39, 0.29) is 11.9 Å². The number of thioether (sulfide) groups is 1. The quantitative estimate of drug-likeness (QED) is 0.573. The summed E-state index contributed by atoms with van der Waals surface area (Å²) in [6.07, 6.45) is 0.531. The standard InChI is InChI=1S/C21H23N3O2S/c1-4-27-18-8-6-5-7-17(18)20(25)22-21-24-23-19(26-21)13-15-9-11-16(12-10-15)14(2)3/h5-12,14H,4,13H2,1-3H3,(H,22,24,25). The van der Waals surface area contributed by atoms with Gasteiger partial charge in [0.05, 0.1) is 12.0 Å². The van der Waals surface area contributed by atoms with Crippen LogP contribution in [0.1, 0.15) is 54.1 Å². The van der Waals surface area contributed by atoms with Gasteiger partial charge in [0.1, 0.15) is 0 Å². The van der Waals surface area contributed by atoms with Crippen LogP contribution in [-0.4, -0.2) is 21.9 Å². The number of hydrogen-bond donors (Lipinski definition) is 1. The van der Waals surface area contributed by atoms with Crippen LogP contribution < -0.4 is 5.32 Å². The lowest BCUT2D eigenvalue weighted by Gasteiger charge is -2.06. The number of carbonyl (C=O) groups excluding carboxylic acids is 1. The van der Waals surface area contributed by atoms with Crippen LogP contribution >= 0.6 is 11.8 Å². The van der Waals surface area contributed by atoms with E-state index in [1.165, 1.54) is 5.56 Å². The second-order valence-electron chi connectivity index (χ2n) is 6.46. The summed E-state index contributed by atoms with van der Waals surface area (Å²) in [6, 6.07) is 16.0. The SMILES string of the molecule is CCSc1ccccc1C(=O)Nc1nnc(Cc2ccc(C(C)C)cc2)o1. The van der Waals surface area contributed by atoms with Gasteiger partial charge in [-0.2, -0.15) is 0 Å². The zero-order valence-corrected chi connectivity index (χ0v) is 16.5. The zero-order chi connectivity index (χ0) is 19.2. The predicted molar refractivity (Wildman–Crippen MR) is 108 cm³/mol. The van der Waals surface area contributed by atoms with Crippen molar-refractivity contribution in [2.75, 3.05) is 11.1 Å². The van der Waals surface area contributed by atoms with Crippen LogP contribution in [0.3, 0.4) is 0 Å². The molecule has 140 valence electrons. The van der Waals surface area contributed by atoms with Crippen LogP contribution in [0, 0.1) is 0 Å². The average molecular weight is 382 g/mol. The number of amides is 1. The van der Waals surface area contributed by atoms with Gasteiger partial charge in [0, 0.05) is 4.90 Å². The Labute approximate surface area is 163 Å². The summed E-state index contributed by atoms with van der Waals surface area (Å²) >= 11 is 1.62. The molecule has 6 heteroatoms. The molecule has 1 N–H and O–H groups in total. The maximum absolute atomic E-state index is 12.5. The van der Waals surface area contributed by atoms with E-state index in [1.807, 2.05) is 18.2 Å². The highest BCUT2D eigenvalue weighted by Crippen LogP contribution is 2.23. The lowest BCUT2D eigenvalue weighted by molar-refractivity contribution is 0.102. The van der Waals surface area contributed by atoms with E-state index >= 15 is 0 Å². The fraction of sp³-hybridized carbons (Fsp3) is 0.286. The number of benzene rings is 2. The molecular weight excluding hydrogens is 358 g/mol. The Balaban J connectivity index is 1.66. The van der Waals surface area contributed by atoms with Crippen LogP contribution in [-0.2, 0) is 6.42 Å². The van der Waals surface area contributed by atoms with Crippen molar-refractivity contribution in [2.24, 2.45) is 0 Å². The van der Waals surface area contributed by atoms with Gasteiger partial charge in [-0.25, -0.2) is 0 Å². The highest BCUT2D eigenvalue weighted by Gasteiger charge is 2.15. The van der Waals surface area contributed by atoms with Gasteiger partial charge in [0.15, 0.2) is 0 Å². The fourth-order valence-corrected chi connectivity index (χ4v) is 3.47. The first kappa shape index (κ1) is 19.2. The second kappa shape index (κ2) is 8.86. The largest absolute Gasteiger partial charge is 0.407 e. The topological polar surface area (TPSA) is 68.0 Å². The number of aromatic nitrogens is 2. The van der Waals surface area contributed by atoms with Crippen molar-refractivity contribution < 1.29 is 9.21 Å². The predicted octanol–water partition coefficient (Wildman–Crippen LogP) is 5.15. The Morgan fingerprint density at radius 2 is 1.85 bits per heavy atom.